The highest BCUT2D eigenvalue weighted by atomic mass is 16.6. The van der Waals surface area contributed by atoms with Crippen LogP contribution in [-0.4, -0.2) is 37.2 Å². The average molecular weight is 877 g/mol. The highest BCUT2D eigenvalue weighted by molar-refractivity contribution is 5.71. The normalized spacial score (nSPS) is 12.7. The maximum atomic E-state index is 12.8. The van der Waals surface area contributed by atoms with Crippen LogP contribution < -0.4 is 0 Å². The highest BCUT2D eigenvalue weighted by Gasteiger charge is 2.19. The van der Waals surface area contributed by atoms with E-state index in [2.05, 4.69) is 106 Å². The molecule has 0 aliphatic heterocycles. The molecule has 0 spiro atoms. The Balaban J connectivity index is 4.50. The van der Waals surface area contributed by atoms with Gasteiger partial charge in [-0.25, -0.2) is 0 Å². The summed E-state index contributed by atoms with van der Waals surface area (Å²) in [4.78, 5) is 38.0. The molecule has 0 unspecified atom stereocenters. The lowest BCUT2D eigenvalue weighted by atomic mass is 10.1. The second-order valence-corrected chi connectivity index (χ2v) is 17.0. The lowest BCUT2D eigenvalue weighted by Gasteiger charge is -2.18. The van der Waals surface area contributed by atoms with Crippen molar-refractivity contribution in [2.45, 2.75) is 245 Å². The van der Waals surface area contributed by atoms with E-state index in [9.17, 15) is 14.4 Å². The zero-order chi connectivity index (χ0) is 45.8. The number of rotatable bonds is 46. The smallest absolute Gasteiger partial charge is 0.306 e. The summed E-state index contributed by atoms with van der Waals surface area (Å²) in [6, 6.07) is 0. The van der Waals surface area contributed by atoms with E-state index in [1.807, 2.05) is 0 Å². The summed E-state index contributed by atoms with van der Waals surface area (Å²) in [6.07, 6.45) is 65.7. The van der Waals surface area contributed by atoms with E-state index in [0.717, 1.165) is 109 Å². The van der Waals surface area contributed by atoms with Crippen molar-refractivity contribution in [3.8, 4) is 0 Å². The number of hydrogen-bond donors (Lipinski definition) is 0. The van der Waals surface area contributed by atoms with E-state index < -0.39 is 6.10 Å². The van der Waals surface area contributed by atoms with Gasteiger partial charge in [0.05, 0.1) is 0 Å². The van der Waals surface area contributed by atoms with Crippen molar-refractivity contribution in [1.29, 1.82) is 0 Å². The summed E-state index contributed by atoms with van der Waals surface area (Å²) < 4.78 is 16.7. The summed E-state index contributed by atoms with van der Waals surface area (Å²) in [7, 11) is 0. The van der Waals surface area contributed by atoms with E-state index >= 15 is 0 Å². The molecule has 0 rings (SSSR count). The van der Waals surface area contributed by atoms with Gasteiger partial charge in [0.25, 0.3) is 0 Å². The minimum Gasteiger partial charge on any atom is -0.462 e. The molecular formula is C57H96O6. The maximum Gasteiger partial charge on any atom is 0.306 e. The predicted octanol–water partition coefficient (Wildman–Crippen LogP) is 17.2. The molecule has 0 bridgehead atoms. The molecule has 0 aromatic heterocycles. The van der Waals surface area contributed by atoms with Gasteiger partial charge in [0.15, 0.2) is 6.10 Å². The Morgan fingerprint density at radius 1 is 0.333 bits per heavy atom. The molecule has 0 aliphatic carbocycles. The molecule has 0 aromatic carbocycles. The van der Waals surface area contributed by atoms with Crippen LogP contribution in [0.15, 0.2) is 85.1 Å². The highest BCUT2D eigenvalue weighted by Crippen LogP contribution is 2.13. The monoisotopic (exact) mass is 877 g/mol. The van der Waals surface area contributed by atoms with Crippen molar-refractivity contribution < 1.29 is 28.6 Å². The first-order valence-electron chi connectivity index (χ1n) is 26.1. The van der Waals surface area contributed by atoms with Crippen LogP contribution in [0.5, 0.6) is 0 Å². The third-order valence-electron chi connectivity index (χ3n) is 10.9. The second-order valence-electron chi connectivity index (χ2n) is 17.0. The Hall–Kier alpha value is -3.41. The van der Waals surface area contributed by atoms with Crippen LogP contribution in [0.4, 0.5) is 0 Å². The molecule has 0 radical (unpaired) electrons. The first-order chi connectivity index (χ1) is 31.0. The van der Waals surface area contributed by atoms with E-state index in [4.69, 9.17) is 14.2 Å². The third kappa shape index (κ3) is 49.5. The van der Waals surface area contributed by atoms with E-state index in [1.54, 1.807) is 0 Å². The zero-order valence-electron chi connectivity index (χ0n) is 41.1. The van der Waals surface area contributed by atoms with Crippen LogP contribution in [0.25, 0.3) is 0 Å². The van der Waals surface area contributed by atoms with Crippen LogP contribution in [-0.2, 0) is 28.6 Å². The molecule has 6 nitrogen and oxygen atoms in total. The number of esters is 3. The van der Waals surface area contributed by atoms with Gasteiger partial charge in [-0.15, -0.1) is 0 Å². The largest absolute Gasteiger partial charge is 0.462 e. The Morgan fingerprint density at radius 3 is 1.06 bits per heavy atom. The van der Waals surface area contributed by atoms with Crippen LogP contribution in [0.2, 0.25) is 0 Å². The molecule has 0 N–H and O–H groups in total. The summed E-state index contributed by atoms with van der Waals surface area (Å²) in [6.45, 7) is 6.43. The Kier molecular flexibility index (Phi) is 48.5. The summed E-state index contributed by atoms with van der Waals surface area (Å²) in [5.74, 6) is -0.985. The first-order valence-corrected chi connectivity index (χ1v) is 26.1. The van der Waals surface area contributed by atoms with Gasteiger partial charge in [-0.2, -0.15) is 0 Å². The van der Waals surface area contributed by atoms with Gasteiger partial charge in [-0.3, -0.25) is 14.4 Å². The van der Waals surface area contributed by atoms with Gasteiger partial charge in [0, 0.05) is 19.3 Å². The third-order valence-corrected chi connectivity index (χ3v) is 10.9. The fraction of sp³-hybridized carbons (Fsp3) is 0.702. The van der Waals surface area contributed by atoms with Gasteiger partial charge in [0.1, 0.15) is 13.2 Å². The van der Waals surface area contributed by atoms with Crippen molar-refractivity contribution in [3.63, 3.8) is 0 Å². The van der Waals surface area contributed by atoms with Gasteiger partial charge < -0.3 is 14.2 Å². The molecule has 0 heterocycles. The van der Waals surface area contributed by atoms with Crippen molar-refractivity contribution in [1.82, 2.24) is 0 Å². The standard InChI is InChI=1S/C57H96O6/c1-4-7-10-13-16-19-22-25-27-28-30-32-35-38-41-44-47-50-56(59)62-53-54(52-61-55(58)49-46-43-40-37-34-31-24-21-18-15-12-9-6-3)63-57(60)51-48-45-42-39-36-33-29-26-23-20-17-14-11-8-5-2/h8,11,17,20-21,24-27,29-30,32,38,41,54H,4-7,9-10,12-16,18-19,22-23,28,31,33-37,39-40,42-53H2,1-3H3/b11-8-,20-17-,24-21-,27-25-,29-26-,32-30-,41-38-/t54-/m0/s1. The van der Waals surface area contributed by atoms with Gasteiger partial charge >= 0.3 is 17.9 Å². The van der Waals surface area contributed by atoms with Crippen molar-refractivity contribution in [2.24, 2.45) is 0 Å². The molecule has 0 amide bonds. The Bertz CT molecular complexity index is 1240. The molecule has 63 heavy (non-hydrogen) atoms. The van der Waals surface area contributed by atoms with Crippen molar-refractivity contribution in [3.05, 3.63) is 85.1 Å². The zero-order valence-corrected chi connectivity index (χ0v) is 41.1. The summed E-state index contributed by atoms with van der Waals surface area (Å²) in [5.41, 5.74) is 0. The van der Waals surface area contributed by atoms with E-state index in [0.29, 0.717) is 19.3 Å². The lowest BCUT2D eigenvalue weighted by Crippen LogP contribution is -2.30. The molecule has 1 atom stereocenters. The fourth-order valence-corrected chi connectivity index (χ4v) is 6.94. The SMILES string of the molecule is CC/C=C\C/C=C\C/C=C\CCCCCCCC(=O)O[C@H](COC(=O)CCC/C=C\C/C=C\C/C=C\CCCCCCCC)COC(=O)CCCCCCC/C=C\CCCCCC. The van der Waals surface area contributed by atoms with Crippen LogP contribution in [0.1, 0.15) is 239 Å². The number of carbonyl (C=O) groups excluding carboxylic acids is 3. The molecule has 6 heteroatoms. The van der Waals surface area contributed by atoms with E-state index in [1.165, 1.54) is 83.5 Å². The van der Waals surface area contributed by atoms with Gasteiger partial charge in [-0.1, -0.05) is 196 Å². The topological polar surface area (TPSA) is 78.9 Å². The molecule has 0 aliphatic rings. The number of unbranched alkanes of at least 4 members (excludes halogenated alkanes) is 21. The molecule has 0 saturated carbocycles. The molecule has 0 aromatic rings. The first kappa shape index (κ1) is 59.6. The number of carbonyl (C=O) groups is 3. The second kappa shape index (κ2) is 51.2. The molecular weight excluding hydrogens is 781 g/mol. The Morgan fingerprint density at radius 2 is 0.635 bits per heavy atom. The maximum absolute atomic E-state index is 12.8. The minimum atomic E-state index is -0.809. The lowest BCUT2D eigenvalue weighted by molar-refractivity contribution is -0.167. The predicted molar refractivity (Wildman–Crippen MR) is 270 cm³/mol. The summed E-state index contributed by atoms with van der Waals surface area (Å²) in [5, 5.41) is 0. The van der Waals surface area contributed by atoms with Gasteiger partial charge in [-0.05, 0) is 109 Å². The molecule has 360 valence electrons. The van der Waals surface area contributed by atoms with Crippen molar-refractivity contribution in [2.75, 3.05) is 13.2 Å². The van der Waals surface area contributed by atoms with Crippen LogP contribution >= 0.6 is 0 Å². The van der Waals surface area contributed by atoms with Crippen LogP contribution in [0, 0.1) is 0 Å². The average Bonchev–Trinajstić information content (AvgIpc) is 3.28. The van der Waals surface area contributed by atoms with Gasteiger partial charge in [0.2, 0.25) is 0 Å². The molecule has 0 saturated heterocycles. The molecule has 0 fully saturated rings. The number of ether oxygens (including phenoxy) is 3. The number of hydrogen-bond acceptors (Lipinski definition) is 6. The Labute approximate surface area is 388 Å². The van der Waals surface area contributed by atoms with Crippen molar-refractivity contribution >= 4 is 17.9 Å². The van der Waals surface area contributed by atoms with Crippen LogP contribution in [0.3, 0.4) is 0 Å². The quantitative estimate of drug-likeness (QED) is 0.0262. The minimum absolute atomic E-state index is 0.104. The summed E-state index contributed by atoms with van der Waals surface area (Å²) >= 11 is 0. The van der Waals surface area contributed by atoms with E-state index in [-0.39, 0.29) is 37.5 Å². The number of allylic oxidation sites excluding steroid dienone is 14. The fourth-order valence-electron chi connectivity index (χ4n) is 6.94.